The molecule has 7 heteroatoms. The number of amides is 2. The molecule has 0 aliphatic heterocycles. The minimum absolute atomic E-state index is 0. The number of carbonyl (C=O) groups excluding carboxylic acids is 2. The summed E-state index contributed by atoms with van der Waals surface area (Å²) in [5.41, 5.74) is 5.47. The van der Waals surface area contributed by atoms with E-state index in [-0.39, 0.29) is 30.0 Å². The normalized spacial score (nSPS) is 12.7. The van der Waals surface area contributed by atoms with Gasteiger partial charge in [-0.1, -0.05) is 19.4 Å². The van der Waals surface area contributed by atoms with E-state index in [1.54, 1.807) is 19.1 Å². The molecular weight excluding hydrogens is 318 g/mol. The van der Waals surface area contributed by atoms with E-state index < -0.39 is 5.54 Å². The lowest BCUT2D eigenvalue weighted by atomic mass is 9.96. The van der Waals surface area contributed by atoms with Crippen LogP contribution in [0.4, 0.5) is 0 Å². The maximum Gasteiger partial charge on any atom is 0.251 e. The summed E-state index contributed by atoms with van der Waals surface area (Å²) >= 11 is 0. The smallest absolute Gasteiger partial charge is 0.251 e. The van der Waals surface area contributed by atoms with Crippen molar-refractivity contribution in [1.29, 1.82) is 0 Å². The van der Waals surface area contributed by atoms with Crippen LogP contribution in [-0.2, 0) is 4.79 Å². The molecule has 1 aromatic rings. The average Bonchev–Trinajstić information content (AvgIpc) is 2.46. The minimum atomic E-state index is -0.848. The molecule has 23 heavy (non-hydrogen) atoms. The number of benzene rings is 1. The van der Waals surface area contributed by atoms with Crippen LogP contribution in [-0.4, -0.2) is 35.5 Å². The van der Waals surface area contributed by atoms with Crippen LogP contribution in [0.3, 0.4) is 0 Å². The first-order valence-corrected chi connectivity index (χ1v) is 7.51. The zero-order chi connectivity index (χ0) is 16.6. The second-order valence-corrected chi connectivity index (χ2v) is 5.58. The van der Waals surface area contributed by atoms with Crippen molar-refractivity contribution in [1.82, 2.24) is 10.6 Å². The number of aromatic hydroxyl groups is 1. The van der Waals surface area contributed by atoms with Gasteiger partial charge in [-0.3, -0.25) is 9.59 Å². The van der Waals surface area contributed by atoms with Gasteiger partial charge in [0.2, 0.25) is 5.91 Å². The van der Waals surface area contributed by atoms with Gasteiger partial charge in [0.15, 0.2) is 0 Å². The molecule has 0 radical (unpaired) electrons. The fraction of sp³-hybridized carbons (Fsp3) is 0.500. The van der Waals surface area contributed by atoms with Gasteiger partial charge in [0.25, 0.3) is 5.91 Å². The first-order valence-electron chi connectivity index (χ1n) is 7.51. The van der Waals surface area contributed by atoms with Crippen LogP contribution in [0.25, 0.3) is 0 Å². The highest BCUT2D eigenvalue weighted by Crippen LogP contribution is 2.10. The molecule has 0 aliphatic rings. The van der Waals surface area contributed by atoms with Crippen molar-refractivity contribution in [2.24, 2.45) is 5.73 Å². The van der Waals surface area contributed by atoms with Crippen LogP contribution < -0.4 is 16.4 Å². The van der Waals surface area contributed by atoms with Crippen molar-refractivity contribution in [3.05, 3.63) is 29.8 Å². The first kappa shape index (κ1) is 21.2. The molecule has 0 saturated heterocycles. The van der Waals surface area contributed by atoms with E-state index in [0.717, 1.165) is 6.42 Å². The van der Waals surface area contributed by atoms with Crippen molar-refractivity contribution in [3.63, 3.8) is 0 Å². The molecule has 1 unspecified atom stereocenters. The van der Waals surface area contributed by atoms with Gasteiger partial charge in [0.1, 0.15) is 5.75 Å². The number of carbonyl (C=O) groups is 2. The number of hydrogen-bond donors (Lipinski definition) is 4. The van der Waals surface area contributed by atoms with Crippen LogP contribution in [0, 0.1) is 0 Å². The molecule has 0 heterocycles. The van der Waals surface area contributed by atoms with Gasteiger partial charge in [-0.25, -0.2) is 0 Å². The third-order valence-electron chi connectivity index (χ3n) is 3.32. The predicted octanol–water partition coefficient (Wildman–Crippen LogP) is 1.57. The lowest BCUT2D eigenvalue weighted by molar-refractivity contribution is -0.126. The van der Waals surface area contributed by atoms with Gasteiger partial charge >= 0.3 is 0 Å². The van der Waals surface area contributed by atoms with Crippen LogP contribution in [0.1, 0.15) is 43.5 Å². The molecule has 1 aromatic carbocycles. The fourth-order valence-electron chi connectivity index (χ4n) is 2.08. The van der Waals surface area contributed by atoms with Crippen molar-refractivity contribution >= 4 is 24.2 Å². The summed E-state index contributed by atoms with van der Waals surface area (Å²) in [4.78, 5) is 23.7. The Labute approximate surface area is 143 Å². The van der Waals surface area contributed by atoms with Crippen molar-refractivity contribution in [2.45, 2.75) is 38.6 Å². The van der Waals surface area contributed by atoms with Crippen LogP contribution >= 0.6 is 12.4 Å². The molecule has 0 spiro atoms. The van der Waals surface area contributed by atoms with Crippen LogP contribution in [0.5, 0.6) is 5.75 Å². The Morgan fingerprint density at radius 2 is 1.91 bits per heavy atom. The highest BCUT2D eigenvalue weighted by Gasteiger charge is 2.26. The summed E-state index contributed by atoms with van der Waals surface area (Å²) < 4.78 is 0. The fourth-order valence-corrected chi connectivity index (χ4v) is 2.08. The quantitative estimate of drug-likeness (QED) is 0.538. The molecular formula is C16H26ClN3O3. The third-order valence-corrected chi connectivity index (χ3v) is 3.32. The third kappa shape index (κ3) is 7.34. The molecule has 0 aromatic heterocycles. The van der Waals surface area contributed by atoms with E-state index >= 15 is 0 Å². The molecule has 1 atom stereocenters. The van der Waals surface area contributed by atoms with Gasteiger partial charge in [0.05, 0.1) is 5.54 Å². The van der Waals surface area contributed by atoms with Crippen molar-refractivity contribution < 1.29 is 14.7 Å². The monoisotopic (exact) mass is 343 g/mol. The predicted molar refractivity (Wildman–Crippen MR) is 92.8 cm³/mol. The van der Waals surface area contributed by atoms with Crippen molar-refractivity contribution in [3.8, 4) is 5.75 Å². The SMILES string of the molecule is CCCC(C)(N)C(=O)NCCCNC(=O)c1cccc(O)c1.Cl. The molecule has 0 aliphatic carbocycles. The minimum Gasteiger partial charge on any atom is -0.508 e. The Hall–Kier alpha value is -1.79. The Bertz CT molecular complexity index is 521. The Morgan fingerprint density at radius 1 is 1.26 bits per heavy atom. The van der Waals surface area contributed by atoms with Gasteiger partial charge < -0.3 is 21.5 Å². The summed E-state index contributed by atoms with van der Waals surface area (Å²) in [5, 5.41) is 14.8. The van der Waals surface area contributed by atoms with E-state index in [1.807, 2.05) is 6.92 Å². The highest BCUT2D eigenvalue weighted by atomic mass is 35.5. The lowest BCUT2D eigenvalue weighted by Crippen LogP contribution is -2.51. The van der Waals surface area contributed by atoms with Crippen molar-refractivity contribution in [2.75, 3.05) is 13.1 Å². The molecule has 0 saturated carbocycles. The highest BCUT2D eigenvalue weighted by molar-refractivity contribution is 5.94. The molecule has 0 bridgehead atoms. The van der Waals surface area contributed by atoms with E-state index in [4.69, 9.17) is 5.73 Å². The summed E-state index contributed by atoms with van der Waals surface area (Å²) in [6, 6.07) is 6.15. The lowest BCUT2D eigenvalue weighted by Gasteiger charge is -2.22. The molecule has 6 nitrogen and oxygen atoms in total. The van der Waals surface area contributed by atoms with E-state index in [1.165, 1.54) is 12.1 Å². The number of nitrogens with two attached hydrogens (primary N) is 1. The second-order valence-electron chi connectivity index (χ2n) is 5.58. The summed E-state index contributed by atoms with van der Waals surface area (Å²) in [6.45, 7) is 4.59. The maximum absolute atomic E-state index is 11.9. The molecule has 2 amide bonds. The number of hydrogen-bond acceptors (Lipinski definition) is 4. The molecule has 0 fully saturated rings. The zero-order valence-corrected chi connectivity index (χ0v) is 14.4. The van der Waals surface area contributed by atoms with E-state index in [0.29, 0.717) is 31.5 Å². The van der Waals surface area contributed by atoms with Crippen LogP contribution in [0.15, 0.2) is 24.3 Å². The Morgan fingerprint density at radius 3 is 2.52 bits per heavy atom. The Balaban J connectivity index is 0.00000484. The topological polar surface area (TPSA) is 104 Å². The maximum atomic E-state index is 11.9. The summed E-state index contributed by atoms with van der Waals surface area (Å²) in [6.07, 6.45) is 2.09. The number of nitrogens with one attached hydrogen (secondary N) is 2. The summed E-state index contributed by atoms with van der Waals surface area (Å²) in [5.74, 6) is -0.372. The number of phenolic OH excluding ortho intramolecular Hbond substituents is 1. The molecule has 130 valence electrons. The zero-order valence-electron chi connectivity index (χ0n) is 13.6. The van der Waals surface area contributed by atoms with Crippen LogP contribution in [0.2, 0.25) is 0 Å². The van der Waals surface area contributed by atoms with Gasteiger partial charge in [-0.15, -0.1) is 12.4 Å². The number of halogens is 1. The average molecular weight is 344 g/mol. The van der Waals surface area contributed by atoms with Gasteiger partial charge in [0, 0.05) is 18.7 Å². The molecule has 1 rings (SSSR count). The standard InChI is InChI=1S/C16H25N3O3.ClH/c1-3-8-16(2,17)15(22)19-10-5-9-18-14(21)12-6-4-7-13(20)11-12;/h4,6-7,11,20H,3,5,8-10,17H2,1-2H3,(H,18,21)(H,19,22);1H. The second kappa shape index (κ2) is 10.1. The number of phenols is 1. The molecule has 5 N–H and O–H groups in total. The number of rotatable bonds is 8. The van der Waals surface area contributed by atoms with E-state index in [9.17, 15) is 14.7 Å². The Kier molecular flexibility index (Phi) is 9.29. The summed E-state index contributed by atoms with van der Waals surface area (Å²) in [7, 11) is 0. The first-order chi connectivity index (χ1) is 10.4. The largest absolute Gasteiger partial charge is 0.508 e. The van der Waals surface area contributed by atoms with Gasteiger partial charge in [-0.05, 0) is 38.0 Å². The van der Waals surface area contributed by atoms with E-state index in [2.05, 4.69) is 10.6 Å². The van der Waals surface area contributed by atoms with Gasteiger partial charge in [-0.2, -0.15) is 0 Å².